The number of para-hydroxylation sites is 1. The van der Waals surface area contributed by atoms with Gasteiger partial charge in [0, 0.05) is 0 Å². The first-order valence-electron chi connectivity index (χ1n) is 6.59. The molecule has 0 N–H and O–H groups in total. The number of carbonyl (C=O) groups is 1. The number of rotatable bonds is 6. The van der Waals surface area contributed by atoms with Gasteiger partial charge in [-0.05, 0) is 24.1 Å². The van der Waals surface area contributed by atoms with Gasteiger partial charge in [0.15, 0.2) is 0 Å². The summed E-state index contributed by atoms with van der Waals surface area (Å²) in [5, 5.41) is 0. The Morgan fingerprint density at radius 2 is 1.60 bits per heavy atom. The number of benzene rings is 2. The van der Waals surface area contributed by atoms with E-state index in [1.54, 1.807) is 0 Å². The lowest BCUT2D eigenvalue weighted by Crippen LogP contribution is -2.25. The first-order valence-corrected chi connectivity index (χ1v) is 6.59. The molecule has 0 amide bonds. The fourth-order valence-corrected chi connectivity index (χ4v) is 1.99. The van der Waals surface area contributed by atoms with E-state index in [9.17, 15) is 4.79 Å². The molecule has 1 unspecified atom stereocenters. The first kappa shape index (κ1) is 14.1. The van der Waals surface area contributed by atoms with Gasteiger partial charge in [0.1, 0.15) is 12.4 Å². The maximum atomic E-state index is 11.8. The topological polar surface area (TPSA) is 35.5 Å². The normalized spacial score (nSPS) is 11.7. The molecular formula is C17H18O3. The highest BCUT2D eigenvalue weighted by Gasteiger charge is 2.20. The molecule has 0 radical (unpaired) electrons. The third-order valence-corrected chi connectivity index (χ3v) is 3.05. The van der Waals surface area contributed by atoms with E-state index in [-0.39, 0.29) is 11.9 Å². The van der Waals surface area contributed by atoms with Crippen LogP contribution in [0.4, 0.5) is 0 Å². The van der Waals surface area contributed by atoms with E-state index >= 15 is 0 Å². The Balaban J connectivity index is 1.99. The number of carbonyl (C=O) groups excluding carboxylic acids is 1. The van der Waals surface area contributed by atoms with E-state index in [1.165, 1.54) is 7.11 Å². The maximum Gasteiger partial charge on any atom is 0.312 e. The second-order valence-corrected chi connectivity index (χ2v) is 4.53. The van der Waals surface area contributed by atoms with Gasteiger partial charge in [-0.25, -0.2) is 0 Å². The van der Waals surface area contributed by atoms with Gasteiger partial charge in [-0.15, -0.1) is 0 Å². The van der Waals surface area contributed by atoms with E-state index in [1.807, 2.05) is 60.7 Å². The van der Waals surface area contributed by atoms with Crippen LogP contribution in [-0.2, 0) is 16.0 Å². The van der Waals surface area contributed by atoms with Crippen molar-refractivity contribution in [2.24, 2.45) is 5.92 Å². The Morgan fingerprint density at radius 3 is 2.20 bits per heavy atom. The smallest absolute Gasteiger partial charge is 0.312 e. The van der Waals surface area contributed by atoms with Gasteiger partial charge in [-0.2, -0.15) is 0 Å². The zero-order valence-corrected chi connectivity index (χ0v) is 11.5. The fraction of sp³-hybridized carbons (Fsp3) is 0.235. The standard InChI is InChI=1S/C17H18O3/c1-19-17(18)15(12-14-8-4-2-5-9-14)13-20-16-10-6-3-7-11-16/h2-11,15H,12-13H2,1H3. The predicted octanol–water partition coefficient (Wildman–Crippen LogP) is 3.10. The molecule has 20 heavy (non-hydrogen) atoms. The van der Waals surface area contributed by atoms with Crippen molar-refractivity contribution < 1.29 is 14.3 Å². The Morgan fingerprint density at radius 1 is 1.00 bits per heavy atom. The summed E-state index contributed by atoms with van der Waals surface area (Å²) in [5.74, 6) is 0.210. The molecule has 0 aromatic heterocycles. The van der Waals surface area contributed by atoms with Crippen LogP contribution in [0.1, 0.15) is 5.56 Å². The average Bonchev–Trinajstić information content (AvgIpc) is 2.52. The monoisotopic (exact) mass is 270 g/mol. The Bertz CT molecular complexity index is 522. The van der Waals surface area contributed by atoms with Gasteiger partial charge >= 0.3 is 5.97 Å². The highest BCUT2D eigenvalue weighted by atomic mass is 16.5. The predicted molar refractivity (Wildman–Crippen MR) is 77.6 cm³/mol. The molecule has 3 heteroatoms. The molecule has 104 valence electrons. The van der Waals surface area contributed by atoms with Gasteiger partial charge in [0.2, 0.25) is 0 Å². The largest absolute Gasteiger partial charge is 0.493 e. The Hall–Kier alpha value is -2.29. The number of methoxy groups -OCH3 is 1. The van der Waals surface area contributed by atoms with Crippen molar-refractivity contribution in [2.75, 3.05) is 13.7 Å². The summed E-state index contributed by atoms with van der Waals surface area (Å²) in [6, 6.07) is 19.3. The molecule has 1 atom stereocenters. The van der Waals surface area contributed by atoms with E-state index in [0.717, 1.165) is 11.3 Å². The van der Waals surface area contributed by atoms with Crippen molar-refractivity contribution in [1.29, 1.82) is 0 Å². The minimum atomic E-state index is -0.303. The van der Waals surface area contributed by atoms with Gasteiger partial charge in [-0.1, -0.05) is 48.5 Å². The van der Waals surface area contributed by atoms with E-state index < -0.39 is 0 Å². The third kappa shape index (κ3) is 4.12. The maximum absolute atomic E-state index is 11.8. The van der Waals surface area contributed by atoms with Gasteiger partial charge in [-0.3, -0.25) is 4.79 Å². The van der Waals surface area contributed by atoms with Crippen LogP contribution in [0.5, 0.6) is 5.75 Å². The van der Waals surface area contributed by atoms with Gasteiger partial charge in [0.25, 0.3) is 0 Å². The van der Waals surface area contributed by atoms with Gasteiger partial charge < -0.3 is 9.47 Å². The van der Waals surface area contributed by atoms with E-state index in [2.05, 4.69) is 0 Å². The SMILES string of the molecule is COC(=O)C(COc1ccccc1)Cc1ccccc1. The summed E-state index contributed by atoms with van der Waals surface area (Å²) in [6.45, 7) is 0.311. The second-order valence-electron chi connectivity index (χ2n) is 4.53. The molecule has 0 spiro atoms. The van der Waals surface area contributed by atoms with Crippen LogP contribution in [0.2, 0.25) is 0 Å². The van der Waals surface area contributed by atoms with Crippen LogP contribution in [0.25, 0.3) is 0 Å². The van der Waals surface area contributed by atoms with Crippen molar-refractivity contribution >= 4 is 5.97 Å². The molecule has 2 aromatic rings. The van der Waals surface area contributed by atoms with E-state index in [4.69, 9.17) is 9.47 Å². The molecule has 0 aliphatic carbocycles. The van der Waals surface area contributed by atoms with Crippen LogP contribution in [0.3, 0.4) is 0 Å². The second kappa shape index (κ2) is 7.34. The summed E-state index contributed by atoms with van der Waals surface area (Å²) in [4.78, 5) is 11.8. The molecule has 3 nitrogen and oxygen atoms in total. The minimum absolute atomic E-state index is 0.246. The minimum Gasteiger partial charge on any atom is -0.493 e. The van der Waals surface area contributed by atoms with Crippen molar-refractivity contribution in [1.82, 2.24) is 0 Å². The van der Waals surface area contributed by atoms with Crippen LogP contribution >= 0.6 is 0 Å². The van der Waals surface area contributed by atoms with Gasteiger partial charge in [0.05, 0.1) is 13.0 Å². The summed E-state index contributed by atoms with van der Waals surface area (Å²) in [7, 11) is 1.41. The third-order valence-electron chi connectivity index (χ3n) is 3.05. The number of hydrogen-bond acceptors (Lipinski definition) is 3. The molecule has 0 fully saturated rings. The van der Waals surface area contributed by atoms with Crippen molar-refractivity contribution in [3.63, 3.8) is 0 Å². The first-order chi connectivity index (χ1) is 9.79. The fourth-order valence-electron chi connectivity index (χ4n) is 1.99. The molecule has 0 saturated heterocycles. The summed E-state index contributed by atoms with van der Waals surface area (Å²) < 4.78 is 10.5. The Labute approximate surface area is 119 Å². The molecule has 0 heterocycles. The highest BCUT2D eigenvalue weighted by Crippen LogP contribution is 2.14. The molecule has 0 saturated carbocycles. The number of esters is 1. The average molecular weight is 270 g/mol. The molecule has 0 aliphatic rings. The summed E-state index contributed by atoms with van der Waals surface area (Å²) in [6.07, 6.45) is 0.611. The molecule has 0 aliphatic heterocycles. The quantitative estimate of drug-likeness (QED) is 0.757. The zero-order chi connectivity index (χ0) is 14.2. The molecular weight excluding hydrogens is 252 g/mol. The lowest BCUT2D eigenvalue weighted by molar-refractivity contribution is -0.146. The van der Waals surface area contributed by atoms with Crippen molar-refractivity contribution in [3.05, 3.63) is 66.2 Å². The molecule has 2 aromatic carbocycles. The van der Waals surface area contributed by atoms with Crippen molar-refractivity contribution in [2.45, 2.75) is 6.42 Å². The van der Waals surface area contributed by atoms with Crippen LogP contribution in [-0.4, -0.2) is 19.7 Å². The van der Waals surface area contributed by atoms with Crippen LogP contribution < -0.4 is 4.74 Å². The summed E-state index contributed by atoms with van der Waals surface area (Å²) >= 11 is 0. The highest BCUT2D eigenvalue weighted by molar-refractivity contribution is 5.72. The number of ether oxygens (including phenoxy) is 2. The van der Waals surface area contributed by atoms with Crippen LogP contribution in [0, 0.1) is 5.92 Å². The molecule has 2 rings (SSSR count). The van der Waals surface area contributed by atoms with E-state index in [0.29, 0.717) is 13.0 Å². The Kier molecular flexibility index (Phi) is 5.18. The number of hydrogen-bond donors (Lipinski definition) is 0. The zero-order valence-electron chi connectivity index (χ0n) is 11.5. The van der Waals surface area contributed by atoms with Crippen molar-refractivity contribution in [3.8, 4) is 5.75 Å². The van der Waals surface area contributed by atoms with Crippen LogP contribution in [0.15, 0.2) is 60.7 Å². The lowest BCUT2D eigenvalue weighted by Gasteiger charge is -2.15. The summed E-state index contributed by atoms with van der Waals surface area (Å²) in [5.41, 5.74) is 1.10. The lowest BCUT2D eigenvalue weighted by atomic mass is 10.0. The molecule has 0 bridgehead atoms.